The van der Waals surface area contributed by atoms with E-state index < -0.39 is 6.10 Å². The lowest BCUT2D eigenvalue weighted by Crippen LogP contribution is -2.04. The number of aliphatic hydroxyl groups is 1. The lowest BCUT2D eigenvalue weighted by atomic mass is 10.1. The van der Waals surface area contributed by atoms with E-state index in [4.69, 9.17) is 0 Å². The van der Waals surface area contributed by atoms with Gasteiger partial charge in [0, 0.05) is 24.7 Å². The minimum atomic E-state index is -0.648. The molecule has 0 radical (unpaired) electrons. The number of aromatic nitrogens is 2. The number of aliphatic hydroxyl groups excluding tert-OH is 1. The zero-order valence-corrected chi connectivity index (χ0v) is 9.72. The van der Waals surface area contributed by atoms with Crippen molar-refractivity contribution in [3.8, 4) is 0 Å². The zero-order chi connectivity index (χ0) is 12.0. The second-order valence-electron chi connectivity index (χ2n) is 3.67. The van der Waals surface area contributed by atoms with Crippen molar-refractivity contribution >= 4 is 5.97 Å². The molecule has 1 atom stereocenters. The Morgan fingerprint density at radius 3 is 3.06 bits per heavy atom. The minimum Gasteiger partial charge on any atom is -0.469 e. The number of carbonyl (C=O) groups excluding carboxylic acids is 1. The number of nitrogens with zero attached hydrogens (tertiary/aromatic N) is 2. The van der Waals surface area contributed by atoms with Crippen molar-refractivity contribution in [2.24, 2.45) is 0 Å². The van der Waals surface area contributed by atoms with E-state index in [0.717, 1.165) is 18.5 Å². The molecule has 5 heteroatoms. The molecular weight excluding hydrogens is 208 g/mol. The summed E-state index contributed by atoms with van der Waals surface area (Å²) in [5.41, 5.74) is 0.748. The topological polar surface area (TPSA) is 64.4 Å². The molecule has 16 heavy (non-hydrogen) atoms. The van der Waals surface area contributed by atoms with Crippen LogP contribution in [0.3, 0.4) is 0 Å². The molecule has 1 N–H and O–H groups in total. The Hall–Kier alpha value is -1.36. The Morgan fingerprint density at radius 2 is 2.44 bits per heavy atom. The van der Waals surface area contributed by atoms with Gasteiger partial charge in [-0.25, -0.2) is 0 Å². The molecule has 0 bridgehead atoms. The number of rotatable bonds is 6. The fraction of sp³-hybridized carbons (Fsp3) is 0.636. The number of hydrogen-bond donors (Lipinski definition) is 1. The van der Waals surface area contributed by atoms with Gasteiger partial charge >= 0.3 is 5.97 Å². The van der Waals surface area contributed by atoms with Crippen molar-refractivity contribution in [2.45, 2.75) is 38.8 Å². The van der Waals surface area contributed by atoms with E-state index in [2.05, 4.69) is 16.8 Å². The van der Waals surface area contributed by atoms with Crippen LogP contribution in [0.25, 0.3) is 0 Å². The van der Waals surface area contributed by atoms with Crippen LogP contribution >= 0.6 is 0 Å². The number of hydrogen-bond acceptors (Lipinski definition) is 4. The highest BCUT2D eigenvalue weighted by Crippen LogP contribution is 2.17. The molecular formula is C11H18N2O3. The molecule has 1 rings (SSSR count). The highest BCUT2D eigenvalue weighted by Gasteiger charge is 2.12. The average molecular weight is 226 g/mol. The van der Waals surface area contributed by atoms with Gasteiger partial charge in [-0.05, 0) is 12.8 Å². The van der Waals surface area contributed by atoms with Crippen LogP contribution in [0.5, 0.6) is 0 Å². The molecule has 1 heterocycles. The predicted molar refractivity (Wildman–Crippen MR) is 58.7 cm³/mol. The molecule has 0 saturated heterocycles. The van der Waals surface area contributed by atoms with Crippen LogP contribution in [0.4, 0.5) is 0 Å². The second kappa shape index (κ2) is 6.27. The number of methoxy groups -OCH3 is 1. The summed E-state index contributed by atoms with van der Waals surface area (Å²) in [7, 11) is 1.34. The Labute approximate surface area is 95.0 Å². The number of esters is 1. The summed E-state index contributed by atoms with van der Waals surface area (Å²) in [4.78, 5) is 10.9. The summed E-state index contributed by atoms with van der Waals surface area (Å²) < 4.78 is 6.30. The monoisotopic (exact) mass is 226 g/mol. The maximum atomic E-state index is 10.9. The molecule has 5 nitrogen and oxygen atoms in total. The molecule has 0 amide bonds. The number of carbonyl (C=O) groups is 1. The molecule has 1 aromatic rings. The highest BCUT2D eigenvalue weighted by atomic mass is 16.5. The van der Waals surface area contributed by atoms with Crippen molar-refractivity contribution in [1.82, 2.24) is 9.78 Å². The summed E-state index contributed by atoms with van der Waals surface area (Å²) >= 11 is 0. The minimum absolute atomic E-state index is 0.219. The van der Waals surface area contributed by atoms with Crippen LogP contribution in [0.15, 0.2) is 12.4 Å². The van der Waals surface area contributed by atoms with Gasteiger partial charge in [-0.1, -0.05) is 6.92 Å². The van der Waals surface area contributed by atoms with Gasteiger partial charge in [-0.15, -0.1) is 0 Å². The summed E-state index contributed by atoms with van der Waals surface area (Å²) in [5, 5.41) is 13.9. The first-order chi connectivity index (χ1) is 7.67. The molecule has 0 saturated carbocycles. The summed E-state index contributed by atoms with van der Waals surface area (Å²) in [6.45, 7) is 2.90. The van der Waals surface area contributed by atoms with Gasteiger partial charge < -0.3 is 9.84 Å². The summed E-state index contributed by atoms with van der Waals surface area (Å²) in [5.74, 6) is -0.306. The van der Waals surface area contributed by atoms with E-state index in [1.165, 1.54) is 7.11 Å². The van der Waals surface area contributed by atoms with Gasteiger partial charge in [0.05, 0.1) is 19.4 Å². The van der Waals surface area contributed by atoms with Crippen LogP contribution in [-0.2, 0) is 16.1 Å². The lowest BCUT2D eigenvalue weighted by molar-refractivity contribution is -0.141. The molecule has 0 aliphatic rings. The smallest absolute Gasteiger partial charge is 0.305 e. The van der Waals surface area contributed by atoms with Crippen molar-refractivity contribution in [2.75, 3.05) is 7.11 Å². The van der Waals surface area contributed by atoms with Crippen molar-refractivity contribution < 1.29 is 14.6 Å². The van der Waals surface area contributed by atoms with Gasteiger partial charge in [0.25, 0.3) is 0 Å². The number of ether oxygens (including phenoxy) is 1. The lowest BCUT2D eigenvalue weighted by Gasteiger charge is -2.06. The van der Waals surface area contributed by atoms with Crippen molar-refractivity contribution in [3.63, 3.8) is 0 Å². The fourth-order valence-electron chi connectivity index (χ4n) is 1.43. The van der Waals surface area contributed by atoms with Gasteiger partial charge in [-0.3, -0.25) is 9.48 Å². The zero-order valence-electron chi connectivity index (χ0n) is 9.72. The second-order valence-corrected chi connectivity index (χ2v) is 3.67. The molecule has 0 spiro atoms. The van der Waals surface area contributed by atoms with Crippen LogP contribution in [0.1, 0.15) is 37.9 Å². The maximum Gasteiger partial charge on any atom is 0.305 e. The molecule has 0 aliphatic heterocycles. The first-order valence-corrected chi connectivity index (χ1v) is 5.44. The van der Waals surface area contributed by atoms with E-state index >= 15 is 0 Å². The fourth-order valence-corrected chi connectivity index (χ4v) is 1.43. The van der Waals surface area contributed by atoms with Crippen LogP contribution in [0.2, 0.25) is 0 Å². The molecule has 90 valence electrons. The predicted octanol–water partition coefficient (Wildman–Crippen LogP) is 1.28. The van der Waals surface area contributed by atoms with Gasteiger partial charge in [-0.2, -0.15) is 5.10 Å². The van der Waals surface area contributed by atoms with Crippen LogP contribution < -0.4 is 0 Å². The first-order valence-electron chi connectivity index (χ1n) is 5.44. The third-order valence-corrected chi connectivity index (χ3v) is 2.34. The Morgan fingerprint density at radius 1 is 1.69 bits per heavy atom. The van der Waals surface area contributed by atoms with E-state index in [-0.39, 0.29) is 12.4 Å². The quantitative estimate of drug-likeness (QED) is 0.742. The van der Waals surface area contributed by atoms with Gasteiger partial charge in [0.2, 0.25) is 0 Å². The molecule has 1 aromatic heterocycles. The first kappa shape index (κ1) is 12.7. The highest BCUT2D eigenvalue weighted by molar-refractivity contribution is 5.69. The Bertz CT molecular complexity index is 336. The number of aryl methyl sites for hydroxylation is 1. The van der Waals surface area contributed by atoms with Crippen LogP contribution in [0, 0.1) is 0 Å². The van der Waals surface area contributed by atoms with E-state index in [9.17, 15) is 9.90 Å². The SMILES string of the molecule is CCCn1cc(C(O)CCC(=O)OC)cn1. The molecule has 0 aliphatic carbocycles. The van der Waals surface area contributed by atoms with E-state index in [1.807, 2.05) is 6.20 Å². The Balaban J connectivity index is 2.45. The van der Waals surface area contributed by atoms with Gasteiger partial charge in [0.15, 0.2) is 0 Å². The standard InChI is InChI=1S/C11H18N2O3/c1-3-6-13-8-9(7-12-13)10(14)4-5-11(15)16-2/h7-8,10,14H,3-6H2,1-2H3. The average Bonchev–Trinajstić information content (AvgIpc) is 2.74. The summed E-state index contributed by atoms with van der Waals surface area (Å²) in [6, 6.07) is 0. The van der Waals surface area contributed by atoms with Crippen LogP contribution in [-0.4, -0.2) is 28.0 Å². The van der Waals surface area contributed by atoms with Crippen molar-refractivity contribution in [3.05, 3.63) is 18.0 Å². The Kier molecular flexibility index (Phi) is 4.98. The molecule has 1 unspecified atom stereocenters. The summed E-state index contributed by atoms with van der Waals surface area (Å²) in [6.07, 6.45) is 4.38. The third kappa shape index (κ3) is 3.66. The molecule has 0 fully saturated rings. The van der Waals surface area contributed by atoms with E-state index in [1.54, 1.807) is 10.9 Å². The van der Waals surface area contributed by atoms with E-state index in [0.29, 0.717) is 6.42 Å². The maximum absolute atomic E-state index is 10.9. The molecule has 0 aromatic carbocycles. The van der Waals surface area contributed by atoms with Crippen molar-refractivity contribution in [1.29, 1.82) is 0 Å². The third-order valence-electron chi connectivity index (χ3n) is 2.34. The largest absolute Gasteiger partial charge is 0.469 e. The van der Waals surface area contributed by atoms with Gasteiger partial charge in [0.1, 0.15) is 0 Å². The normalized spacial score (nSPS) is 12.4.